The third kappa shape index (κ3) is 2.17. The van der Waals surface area contributed by atoms with Crippen LogP contribution < -0.4 is 10.5 Å². The lowest BCUT2D eigenvalue weighted by atomic mass is 10.3. The first-order valence-electron chi connectivity index (χ1n) is 7.52. The molecule has 0 aromatic carbocycles. The number of hydrogen-bond donors (Lipinski definition) is 0. The molecule has 3 heterocycles. The molecule has 2 aromatic rings. The van der Waals surface area contributed by atoms with Crippen molar-refractivity contribution in [3.05, 3.63) is 40.7 Å². The average Bonchev–Trinajstić information content (AvgIpc) is 3.07. The summed E-state index contributed by atoms with van der Waals surface area (Å²) in [5.41, 5.74) is 0.566. The Kier molecular flexibility index (Phi) is 2.96. The molecular weight excluding hydrogens is 280 g/mol. The van der Waals surface area contributed by atoms with E-state index in [2.05, 4.69) is 16.2 Å². The number of nitrogens with zero attached hydrogens (tertiary/aromatic N) is 6. The molecule has 112 valence electrons. The molecule has 0 radical (unpaired) electrons. The molecule has 1 saturated carbocycles. The van der Waals surface area contributed by atoms with Crippen molar-refractivity contribution in [2.75, 3.05) is 18.0 Å². The smallest absolute Gasteiger partial charge is 0.293 e. The van der Waals surface area contributed by atoms with E-state index in [1.54, 1.807) is 29.4 Å². The lowest BCUT2D eigenvalue weighted by Crippen LogP contribution is -2.31. The molecule has 1 atom stereocenters. The predicted molar refractivity (Wildman–Crippen MR) is 79.6 cm³/mol. The Morgan fingerprint density at radius 1 is 1.27 bits per heavy atom. The fourth-order valence-electron chi connectivity index (χ4n) is 3.02. The normalized spacial score (nSPS) is 21.0. The molecule has 2 fully saturated rings. The summed E-state index contributed by atoms with van der Waals surface area (Å²) in [6.07, 6.45) is 9.88. The van der Waals surface area contributed by atoms with Gasteiger partial charge < -0.3 is 9.47 Å². The molecule has 22 heavy (non-hydrogen) atoms. The summed E-state index contributed by atoms with van der Waals surface area (Å²) in [5.74, 6) is 0.532. The zero-order valence-electron chi connectivity index (χ0n) is 12.1. The molecule has 1 aliphatic heterocycles. The first-order valence-corrected chi connectivity index (χ1v) is 7.52. The summed E-state index contributed by atoms with van der Waals surface area (Å²) in [5, 5.41) is 13.1. The highest BCUT2D eigenvalue weighted by Crippen LogP contribution is 2.33. The van der Waals surface area contributed by atoms with Crippen LogP contribution >= 0.6 is 0 Å². The van der Waals surface area contributed by atoms with Gasteiger partial charge in [-0.05, 0) is 19.3 Å². The van der Waals surface area contributed by atoms with Gasteiger partial charge in [0.25, 0.3) is 5.56 Å². The summed E-state index contributed by atoms with van der Waals surface area (Å²) in [6.45, 7) is 1.48. The van der Waals surface area contributed by atoms with Crippen LogP contribution in [-0.4, -0.2) is 32.4 Å². The van der Waals surface area contributed by atoms with Gasteiger partial charge in [-0.3, -0.25) is 9.48 Å². The van der Waals surface area contributed by atoms with Gasteiger partial charge >= 0.3 is 0 Å². The molecule has 1 aliphatic carbocycles. The third-order valence-electron chi connectivity index (χ3n) is 4.36. The minimum Gasteiger partial charge on any atom is -0.350 e. The second-order valence-electron chi connectivity index (χ2n) is 5.90. The second-order valence-corrected chi connectivity index (χ2v) is 5.90. The van der Waals surface area contributed by atoms with Crippen LogP contribution in [0.3, 0.4) is 0 Å². The number of rotatable bonds is 3. The first-order chi connectivity index (χ1) is 10.8. The Bertz CT molecular complexity index is 797. The van der Waals surface area contributed by atoms with E-state index in [1.165, 1.54) is 0 Å². The molecule has 7 heteroatoms. The van der Waals surface area contributed by atoms with E-state index in [0.717, 1.165) is 25.8 Å². The van der Waals surface area contributed by atoms with Crippen LogP contribution in [0, 0.1) is 11.3 Å². The highest BCUT2D eigenvalue weighted by atomic mass is 16.1. The standard InChI is InChI=1S/C15H16N6O/c16-7-11-8-18-21(9-11)13-3-5-19(10-13)14-15(22)20(6-4-17-14)12-1-2-12/h4,6,8-9,12-13H,1-3,5,10H2. The molecule has 1 saturated heterocycles. The Labute approximate surface area is 127 Å². The Morgan fingerprint density at radius 2 is 2.14 bits per heavy atom. The molecule has 2 aliphatic rings. The van der Waals surface area contributed by atoms with Crippen LogP contribution in [0.2, 0.25) is 0 Å². The average molecular weight is 296 g/mol. The number of hydrogen-bond acceptors (Lipinski definition) is 5. The highest BCUT2D eigenvalue weighted by molar-refractivity contribution is 5.38. The molecule has 0 N–H and O–H groups in total. The van der Waals surface area contributed by atoms with Crippen molar-refractivity contribution in [1.29, 1.82) is 5.26 Å². The van der Waals surface area contributed by atoms with Crippen LogP contribution in [0.1, 0.15) is 36.9 Å². The van der Waals surface area contributed by atoms with Gasteiger partial charge in [-0.2, -0.15) is 10.4 Å². The molecule has 0 spiro atoms. The lowest BCUT2D eigenvalue weighted by molar-refractivity contribution is 0.494. The Hall–Kier alpha value is -2.62. The van der Waals surface area contributed by atoms with Crippen molar-refractivity contribution >= 4 is 5.82 Å². The van der Waals surface area contributed by atoms with Crippen molar-refractivity contribution < 1.29 is 0 Å². The molecule has 2 aromatic heterocycles. The van der Waals surface area contributed by atoms with E-state index in [-0.39, 0.29) is 11.6 Å². The molecule has 1 unspecified atom stereocenters. The van der Waals surface area contributed by atoms with Gasteiger partial charge in [-0.15, -0.1) is 0 Å². The van der Waals surface area contributed by atoms with Crippen LogP contribution in [-0.2, 0) is 0 Å². The highest BCUT2D eigenvalue weighted by Gasteiger charge is 2.30. The van der Waals surface area contributed by atoms with E-state index in [9.17, 15) is 4.79 Å². The summed E-state index contributed by atoms with van der Waals surface area (Å²) in [4.78, 5) is 18.8. The van der Waals surface area contributed by atoms with Crippen LogP contribution in [0.5, 0.6) is 0 Å². The monoisotopic (exact) mass is 296 g/mol. The van der Waals surface area contributed by atoms with Crippen molar-refractivity contribution in [2.24, 2.45) is 0 Å². The van der Waals surface area contributed by atoms with E-state index in [4.69, 9.17) is 5.26 Å². The Morgan fingerprint density at radius 3 is 2.86 bits per heavy atom. The summed E-state index contributed by atoms with van der Waals surface area (Å²) < 4.78 is 3.62. The van der Waals surface area contributed by atoms with Gasteiger partial charge in [0, 0.05) is 37.7 Å². The zero-order chi connectivity index (χ0) is 15.1. The van der Waals surface area contributed by atoms with Gasteiger partial charge in [0.1, 0.15) is 6.07 Å². The minimum absolute atomic E-state index is 0.00355. The molecule has 7 nitrogen and oxygen atoms in total. The van der Waals surface area contributed by atoms with E-state index in [0.29, 0.717) is 24.0 Å². The summed E-state index contributed by atoms with van der Waals surface area (Å²) >= 11 is 0. The number of anilines is 1. The largest absolute Gasteiger partial charge is 0.350 e. The molecule has 0 amide bonds. The molecule has 4 rings (SSSR count). The zero-order valence-corrected chi connectivity index (χ0v) is 12.1. The van der Waals surface area contributed by atoms with Gasteiger partial charge in [0.2, 0.25) is 0 Å². The quantitative estimate of drug-likeness (QED) is 0.847. The minimum atomic E-state index is 0.00355. The van der Waals surface area contributed by atoms with Crippen molar-refractivity contribution in [3.8, 4) is 6.07 Å². The van der Waals surface area contributed by atoms with Crippen molar-refractivity contribution in [3.63, 3.8) is 0 Å². The molecular formula is C15H16N6O. The van der Waals surface area contributed by atoms with Crippen LogP contribution in [0.4, 0.5) is 5.82 Å². The second kappa shape index (κ2) is 4.98. The van der Waals surface area contributed by atoms with Gasteiger partial charge in [-0.1, -0.05) is 0 Å². The summed E-state index contributed by atoms with van der Waals surface area (Å²) in [6, 6.07) is 2.62. The summed E-state index contributed by atoms with van der Waals surface area (Å²) in [7, 11) is 0. The van der Waals surface area contributed by atoms with Gasteiger partial charge in [-0.25, -0.2) is 4.98 Å². The Balaban J connectivity index is 1.57. The number of aromatic nitrogens is 4. The lowest BCUT2D eigenvalue weighted by Gasteiger charge is -2.17. The fraction of sp³-hybridized carbons (Fsp3) is 0.467. The topological polar surface area (TPSA) is 79.7 Å². The first kappa shape index (κ1) is 13.1. The SMILES string of the molecule is N#Cc1cnn(C2CCN(c3nccn(C4CC4)c3=O)C2)c1. The predicted octanol–water partition coefficient (Wildman–Crippen LogP) is 1.10. The van der Waals surface area contributed by atoms with E-state index >= 15 is 0 Å². The maximum atomic E-state index is 12.5. The van der Waals surface area contributed by atoms with Gasteiger partial charge in [0.05, 0.1) is 17.8 Å². The van der Waals surface area contributed by atoms with Crippen LogP contribution in [0.15, 0.2) is 29.6 Å². The maximum absolute atomic E-state index is 12.5. The van der Waals surface area contributed by atoms with Crippen molar-refractivity contribution in [2.45, 2.75) is 31.3 Å². The third-order valence-corrected chi connectivity index (χ3v) is 4.36. The van der Waals surface area contributed by atoms with Gasteiger partial charge in [0.15, 0.2) is 5.82 Å². The maximum Gasteiger partial charge on any atom is 0.293 e. The number of nitriles is 1. The fourth-order valence-corrected chi connectivity index (χ4v) is 3.02. The van der Waals surface area contributed by atoms with E-state index < -0.39 is 0 Å². The van der Waals surface area contributed by atoms with E-state index in [1.807, 2.05) is 9.58 Å². The van der Waals surface area contributed by atoms with Crippen molar-refractivity contribution in [1.82, 2.24) is 19.3 Å². The van der Waals surface area contributed by atoms with Crippen LogP contribution in [0.25, 0.3) is 0 Å². The molecule has 0 bridgehead atoms.